The van der Waals surface area contributed by atoms with E-state index in [1.807, 2.05) is 0 Å². The second-order valence-electron chi connectivity index (χ2n) is 4.92. The monoisotopic (exact) mass is 310 g/mol. The molecule has 0 radical (unpaired) electrons. The van der Waals surface area contributed by atoms with Crippen molar-refractivity contribution in [3.05, 3.63) is 29.3 Å². The molecule has 0 aliphatic carbocycles. The fraction of sp³-hybridized carbons (Fsp3) is 0.467. The minimum Gasteiger partial charge on any atom is -0.492 e. The van der Waals surface area contributed by atoms with Crippen molar-refractivity contribution in [2.75, 3.05) is 12.4 Å². The number of hydrogen-bond acceptors (Lipinski definition) is 6. The third-order valence-electron chi connectivity index (χ3n) is 3.32. The summed E-state index contributed by atoms with van der Waals surface area (Å²) in [5.41, 5.74) is 0.927. The summed E-state index contributed by atoms with van der Waals surface area (Å²) >= 11 is 1.11. The normalized spacial score (nSPS) is 16.8. The van der Waals surface area contributed by atoms with Gasteiger partial charge in [0.2, 0.25) is 0 Å². The van der Waals surface area contributed by atoms with Crippen LogP contribution in [0.15, 0.2) is 18.2 Å². The molecule has 1 aliphatic heterocycles. The van der Waals surface area contributed by atoms with Gasteiger partial charge in [0, 0.05) is 19.1 Å². The van der Waals surface area contributed by atoms with Gasteiger partial charge >= 0.3 is 0 Å². The Hall–Kier alpha value is -1.37. The van der Waals surface area contributed by atoms with Crippen molar-refractivity contribution in [1.82, 2.24) is 0 Å². The van der Waals surface area contributed by atoms with Crippen LogP contribution < -0.4 is 4.74 Å². The van der Waals surface area contributed by atoms with E-state index in [-0.39, 0.29) is 10.9 Å². The zero-order chi connectivity index (χ0) is 15.4. The highest BCUT2D eigenvalue weighted by Gasteiger charge is 2.23. The first-order valence-electron chi connectivity index (χ1n) is 6.78. The number of Topliss-reactive ketones (excluding diaryl/α,β-unsaturated/α-hetero) is 1. The largest absolute Gasteiger partial charge is 0.492 e. The predicted octanol–water partition coefficient (Wildman–Crippen LogP) is 1.72. The van der Waals surface area contributed by atoms with Crippen LogP contribution in [-0.2, 0) is 4.79 Å². The van der Waals surface area contributed by atoms with Crippen LogP contribution in [0.25, 0.3) is 0 Å². The van der Waals surface area contributed by atoms with Crippen molar-refractivity contribution in [3.63, 3.8) is 0 Å². The second kappa shape index (κ2) is 7.06. The number of carbonyl (C=O) groups is 2. The standard InChI is InChI=1S/C15H18O5S/c1-9(16)21-7-5-13(18)15(19)10-2-3-14-11(8-10)12(17)4-6-20-14/h2-3,8,13,15,18-19H,4-7H2,1H3. The van der Waals surface area contributed by atoms with E-state index in [0.29, 0.717) is 42.1 Å². The van der Waals surface area contributed by atoms with Gasteiger partial charge in [0.25, 0.3) is 0 Å². The number of carbonyl (C=O) groups excluding carboxylic acids is 2. The van der Waals surface area contributed by atoms with E-state index in [1.165, 1.54) is 6.92 Å². The predicted molar refractivity (Wildman–Crippen MR) is 79.6 cm³/mol. The number of ether oxygens (including phenoxy) is 1. The summed E-state index contributed by atoms with van der Waals surface area (Å²) in [6, 6.07) is 4.86. The Bertz CT molecular complexity index is 543. The van der Waals surface area contributed by atoms with Crippen LogP contribution in [0.2, 0.25) is 0 Å². The van der Waals surface area contributed by atoms with Gasteiger partial charge < -0.3 is 14.9 Å². The molecule has 2 unspecified atom stereocenters. The summed E-state index contributed by atoms with van der Waals surface area (Å²) in [5.74, 6) is 0.941. The Morgan fingerprint density at radius 2 is 2.19 bits per heavy atom. The highest BCUT2D eigenvalue weighted by atomic mass is 32.2. The molecule has 1 heterocycles. The molecule has 0 bridgehead atoms. The van der Waals surface area contributed by atoms with Crippen molar-refractivity contribution in [2.45, 2.75) is 32.0 Å². The lowest BCUT2D eigenvalue weighted by molar-refractivity contribution is -0.109. The van der Waals surface area contributed by atoms with Gasteiger partial charge in [0.15, 0.2) is 10.9 Å². The van der Waals surface area contributed by atoms with Crippen LogP contribution in [0.1, 0.15) is 41.8 Å². The molecule has 5 nitrogen and oxygen atoms in total. The molecule has 0 aromatic heterocycles. The molecule has 0 amide bonds. The third-order valence-corrected chi connectivity index (χ3v) is 4.16. The van der Waals surface area contributed by atoms with Crippen LogP contribution in [0.5, 0.6) is 5.75 Å². The van der Waals surface area contributed by atoms with Crippen molar-refractivity contribution in [3.8, 4) is 5.75 Å². The first kappa shape index (κ1) is 16.0. The molecule has 0 spiro atoms. The molecule has 0 saturated carbocycles. The molecular formula is C15H18O5S. The maximum absolute atomic E-state index is 11.8. The van der Waals surface area contributed by atoms with E-state index in [1.54, 1.807) is 18.2 Å². The van der Waals surface area contributed by atoms with Gasteiger partial charge in [-0.1, -0.05) is 17.8 Å². The van der Waals surface area contributed by atoms with Crippen LogP contribution in [0.3, 0.4) is 0 Å². The Morgan fingerprint density at radius 3 is 2.90 bits per heavy atom. The highest BCUT2D eigenvalue weighted by molar-refractivity contribution is 8.13. The third kappa shape index (κ3) is 4.06. The molecule has 1 aromatic carbocycles. The number of thioether (sulfide) groups is 1. The molecule has 1 aromatic rings. The number of aliphatic hydroxyl groups excluding tert-OH is 2. The van der Waals surface area contributed by atoms with E-state index in [9.17, 15) is 19.8 Å². The minimum atomic E-state index is -1.09. The number of aliphatic hydroxyl groups is 2. The SMILES string of the molecule is CC(=O)SCCC(O)C(O)c1ccc2c(c1)C(=O)CCO2. The van der Waals surface area contributed by atoms with Gasteiger partial charge in [0.05, 0.1) is 18.3 Å². The van der Waals surface area contributed by atoms with E-state index in [0.717, 1.165) is 11.8 Å². The van der Waals surface area contributed by atoms with Crippen molar-refractivity contribution in [2.24, 2.45) is 0 Å². The summed E-state index contributed by atoms with van der Waals surface area (Å²) < 4.78 is 5.37. The number of rotatable bonds is 5. The fourth-order valence-electron chi connectivity index (χ4n) is 2.17. The number of fused-ring (bicyclic) bond motifs is 1. The minimum absolute atomic E-state index is 0.0202. The summed E-state index contributed by atoms with van der Waals surface area (Å²) in [6.07, 6.45) is -1.44. The highest BCUT2D eigenvalue weighted by Crippen LogP contribution is 2.29. The lowest BCUT2D eigenvalue weighted by Gasteiger charge is -2.21. The van der Waals surface area contributed by atoms with Gasteiger partial charge in [-0.05, 0) is 24.1 Å². The maximum Gasteiger partial charge on any atom is 0.185 e. The average molecular weight is 310 g/mol. The number of hydrogen-bond donors (Lipinski definition) is 2. The Morgan fingerprint density at radius 1 is 1.43 bits per heavy atom. The fourth-order valence-corrected chi connectivity index (χ4v) is 2.81. The van der Waals surface area contributed by atoms with E-state index in [4.69, 9.17) is 4.74 Å². The van der Waals surface area contributed by atoms with Gasteiger partial charge in [0.1, 0.15) is 11.9 Å². The quantitative estimate of drug-likeness (QED) is 0.861. The second-order valence-corrected chi connectivity index (χ2v) is 6.19. The summed E-state index contributed by atoms with van der Waals surface area (Å²) in [5, 5.41) is 20.1. The van der Waals surface area contributed by atoms with Crippen LogP contribution in [0.4, 0.5) is 0 Å². The number of benzene rings is 1. The molecule has 21 heavy (non-hydrogen) atoms. The molecule has 6 heteroatoms. The van der Waals surface area contributed by atoms with Crippen LogP contribution in [0, 0.1) is 0 Å². The molecule has 114 valence electrons. The Kier molecular flexibility index (Phi) is 5.39. The summed E-state index contributed by atoms with van der Waals surface area (Å²) in [4.78, 5) is 22.6. The summed E-state index contributed by atoms with van der Waals surface area (Å²) in [7, 11) is 0. The molecule has 2 rings (SSSR count). The lowest BCUT2D eigenvalue weighted by atomic mass is 9.97. The van der Waals surface area contributed by atoms with E-state index < -0.39 is 12.2 Å². The molecule has 2 atom stereocenters. The lowest BCUT2D eigenvalue weighted by Crippen LogP contribution is -2.21. The zero-order valence-electron chi connectivity index (χ0n) is 11.7. The van der Waals surface area contributed by atoms with Crippen molar-refractivity contribution >= 4 is 22.7 Å². The smallest absolute Gasteiger partial charge is 0.185 e. The summed E-state index contributed by atoms with van der Waals surface area (Å²) in [6.45, 7) is 1.83. The van der Waals surface area contributed by atoms with Gasteiger partial charge in [-0.2, -0.15) is 0 Å². The maximum atomic E-state index is 11.8. The first-order chi connectivity index (χ1) is 9.99. The van der Waals surface area contributed by atoms with Gasteiger partial charge in [-0.3, -0.25) is 9.59 Å². The zero-order valence-corrected chi connectivity index (χ0v) is 12.6. The Labute approximate surface area is 127 Å². The molecule has 0 fully saturated rings. The van der Waals surface area contributed by atoms with Crippen LogP contribution >= 0.6 is 11.8 Å². The van der Waals surface area contributed by atoms with E-state index >= 15 is 0 Å². The van der Waals surface area contributed by atoms with Crippen LogP contribution in [-0.4, -0.2) is 39.6 Å². The molecule has 2 N–H and O–H groups in total. The molecule has 1 aliphatic rings. The number of ketones is 1. The van der Waals surface area contributed by atoms with Crippen molar-refractivity contribution in [1.29, 1.82) is 0 Å². The average Bonchev–Trinajstić information content (AvgIpc) is 2.46. The van der Waals surface area contributed by atoms with Crippen molar-refractivity contribution < 1.29 is 24.5 Å². The Balaban J connectivity index is 2.05. The van der Waals surface area contributed by atoms with Gasteiger partial charge in [-0.25, -0.2) is 0 Å². The first-order valence-corrected chi connectivity index (χ1v) is 7.77. The molecule has 0 saturated heterocycles. The molecular weight excluding hydrogens is 292 g/mol. The van der Waals surface area contributed by atoms with E-state index in [2.05, 4.69) is 0 Å². The topological polar surface area (TPSA) is 83.8 Å². The van der Waals surface area contributed by atoms with Gasteiger partial charge in [-0.15, -0.1) is 0 Å².